The summed E-state index contributed by atoms with van der Waals surface area (Å²) in [6, 6.07) is 4.25. The van der Waals surface area contributed by atoms with E-state index in [9.17, 15) is 22.0 Å². The number of halogens is 5. The highest BCUT2D eigenvalue weighted by atomic mass is 19.4. The van der Waals surface area contributed by atoms with E-state index >= 15 is 0 Å². The zero-order chi connectivity index (χ0) is 15.6. The van der Waals surface area contributed by atoms with Crippen LogP contribution in [0.4, 0.5) is 33.6 Å². The van der Waals surface area contributed by atoms with Crippen molar-refractivity contribution in [2.24, 2.45) is 0 Å². The van der Waals surface area contributed by atoms with E-state index in [1.165, 1.54) is 6.07 Å². The fourth-order valence-electron chi connectivity index (χ4n) is 1.53. The molecule has 0 saturated heterocycles. The monoisotopic (exact) mass is 304 g/mol. The van der Waals surface area contributed by atoms with Crippen LogP contribution < -0.4 is 11.1 Å². The lowest BCUT2D eigenvalue weighted by Crippen LogP contribution is -2.14. The van der Waals surface area contributed by atoms with Gasteiger partial charge in [0.05, 0.1) is 0 Å². The Labute approximate surface area is 115 Å². The zero-order valence-electron chi connectivity index (χ0n) is 10.4. The molecule has 0 unspecified atom stereocenters. The third kappa shape index (κ3) is 3.77. The van der Waals surface area contributed by atoms with E-state index in [4.69, 9.17) is 5.73 Å². The number of anilines is 2. The van der Waals surface area contributed by atoms with Gasteiger partial charge in [-0.25, -0.2) is 18.7 Å². The first-order chi connectivity index (χ1) is 9.75. The standard InChI is InChI=1S/C12H9F5N4/c13-7-2-1-6(3-8(7)14)5-19-10-4-9(18)20-11(21-10)12(15,16)17/h1-4H,5H2,(H3,18,19,20,21). The third-order valence-electron chi connectivity index (χ3n) is 2.46. The van der Waals surface area contributed by atoms with Crippen molar-refractivity contribution in [1.29, 1.82) is 0 Å². The van der Waals surface area contributed by atoms with Crippen molar-refractivity contribution in [2.45, 2.75) is 12.7 Å². The molecule has 1 heterocycles. The maximum absolute atomic E-state index is 13.0. The summed E-state index contributed by atoms with van der Waals surface area (Å²) in [5.41, 5.74) is 5.60. The molecule has 1 aromatic heterocycles. The van der Waals surface area contributed by atoms with Gasteiger partial charge in [-0.2, -0.15) is 13.2 Å². The second-order valence-corrected chi connectivity index (χ2v) is 4.10. The minimum absolute atomic E-state index is 0.0506. The number of hydrogen-bond acceptors (Lipinski definition) is 4. The second kappa shape index (κ2) is 5.51. The van der Waals surface area contributed by atoms with Crippen LogP contribution >= 0.6 is 0 Å². The number of nitrogens with one attached hydrogen (secondary N) is 1. The van der Waals surface area contributed by atoms with Crippen LogP contribution in [-0.2, 0) is 12.7 Å². The predicted octanol–water partition coefficient (Wildman–Crippen LogP) is 2.97. The van der Waals surface area contributed by atoms with E-state index < -0.39 is 23.6 Å². The molecule has 0 saturated carbocycles. The summed E-state index contributed by atoms with van der Waals surface area (Å²) in [5.74, 6) is -3.96. The lowest BCUT2D eigenvalue weighted by atomic mass is 10.2. The highest BCUT2D eigenvalue weighted by Gasteiger charge is 2.35. The number of hydrogen-bond donors (Lipinski definition) is 2. The molecule has 112 valence electrons. The summed E-state index contributed by atoms with van der Waals surface area (Å²) in [5, 5.41) is 2.54. The van der Waals surface area contributed by atoms with Crippen molar-refractivity contribution in [2.75, 3.05) is 11.1 Å². The molecule has 3 N–H and O–H groups in total. The Hall–Kier alpha value is -2.45. The van der Waals surface area contributed by atoms with Crippen molar-refractivity contribution >= 4 is 11.6 Å². The van der Waals surface area contributed by atoms with Gasteiger partial charge in [-0.3, -0.25) is 0 Å². The van der Waals surface area contributed by atoms with Gasteiger partial charge in [-0.05, 0) is 17.7 Å². The maximum Gasteiger partial charge on any atom is 0.451 e. The summed E-state index contributed by atoms with van der Waals surface area (Å²) in [7, 11) is 0. The van der Waals surface area contributed by atoms with Gasteiger partial charge in [0.25, 0.3) is 0 Å². The van der Waals surface area contributed by atoms with Gasteiger partial charge in [-0.1, -0.05) is 6.07 Å². The number of aromatic nitrogens is 2. The van der Waals surface area contributed by atoms with E-state index in [0.29, 0.717) is 5.56 Å². The molecule has 0 radical (unpaired) electrons. The van der Waals surface area contributed by atoms with Crippen LogP contribution in [0.3, 0.4) is 0 Å². The molecular weight excluding hydrogens is 295 g/mol. The minimum Gasteiger partial charge on any atom is -0.384 e. The molecule has 0 spiro atoms. The number of rotatable bonds is 3. The van der Waals surface area contributed by atoms with Crippen LogP contribution in [0.2, 0.25) is 0 Å². The first-order valence-corrected chi connectivity index (χ1v) is 5.65. The molecule has 0 bridgehead atoms. The lowest BCUT2D eigenvalue weighted by molar-refractivity contribution is -0.144. The first kappa shape index (κ1) is 14.9. The van der Waals surface area contributed by atoms with Crippen LogP contribution in [0.25, 0.3) is 0 Å². The summed E-state index contributed by atoms with van der Waals surface area (Å²) in [4.78, 5) is 6.34. The Morgan fingerprint density at radius 1 is 1.05 bits per heavy atom. The van der Waals surface area contributed by atoms with Gasteiger partial charge in [0.15, 0.2) is 11.6 Å². The Bertz CT molecular complexity index is 657. The molecule has 0 amide bonds. The number of alkyl halides is 3. The highest BCUT2D eigenvalue weighted by Crippen LogP contribution is 2.27. The molecule has 0 aliphatic heterocycles. The summed E-state index contributed by atoms with van der Waals surface area (Å²) in [6.45, 7) is -0.0506. The molecule has 2 rings (SSSR count). The third-order valence-corrected chi connectivity index (χ3v) is 2.46. The van der Waals surface area contributed by atoms with Crippen molar-refractivity contribution < 1.29 is 22.0 Å². The minimum atomic E-state index is -4.73. The number of nitrogens with zero attached hydrogens (tertiary/aromatic N) is 2. The fourth-order valence-corrected chi connectivity index (χ4v) is 1.53. The first-order valence-electron chi connectivity index (χ1n) is 5.65. The SMILES string of the molecule is Nc1cc(NCc2ccc(F)c(F)c2)nc(C(F)(F)F)n1. The van der Waals surface area contributed by atoms with Crippen LogP contribution in [0.1, 0.15) is 11.4 Å². The average Bonchev–Trinajstić information content (AvgIpc) is 2.38. The number of nitrogens with two attached hydrogens (primary N) is 1. The van der Waals surface area contributed by atoms with Gasteiger partial charge < -0.3 is 11.1 Å². The molecule has 4 nitrogen and oxygen atoms in total. The Kier molecular flexibility index (Phi) is 3.92. The Morgan fingerprint density at radius 2 is 1.76 bits per heavy atom. The predicted molar refractivity (Wildman–Crippen MR) is 65.1 cm³/mol. The van der Waals surface area contributed by atoms with Crippen LogP contribution in [0, 0.1) is 11.6 Å². The van der Waals surface area contributed by atoms with Crippen molar-refractivity contribution in [3.8, 4) is 0 Å². The van der Waals surface area contributed by atoms with E-state index in [1.807, 2.05) is 0 Å². The Balaban J connectivity index is 2.16. The van der Waals surface area contributed by atoms with Crippen molar-refractivity contribution in [3.05, 3.63) is 47.3 Å². The average molecular weight is 304 g/mol. The van der Waals surface area contributed by atoms with Gasteiger partial charge in [-0.15, -0.1) is 0 Å². The normalized spacial score (nSPS) is 11.5. The van der Waals surface area contributed by atoms with E-state index in [1.54, 1.807) is 0 Å². The summed E-state index contributed by atoms with van der Waals surface area (Å²) < 4.78 is 63.3. The van der Waals surface area contributed by atoms with Crippen molar-refractivity contribution in [3.63, 3.8) is 0 Å². The van der Waals surface area contributed by atoms with Gasteiger partial charge in [0.2, 0.25) is 5.82 Å². The fraction of sp³-hybridized carbons (Fsp3) is 0.167. The highest BCUT2D eigenvalue weighted by molar-refractivity contribution is 5.45. The van der Waals surface area contributed by atoms with E-state index in [-0.39, 0.29) is 18.2 Å². The smallest absolute Gasteiger partial charge is 0.384 e. The molecular formula is C12H9F5N4. The molecule has 0 aliphatic rings. The summed E-state index contributed by atoms with van der Waals surface area (Å²) >= 11 is 0. The van der Waals surface area contributed by atoms with E-state index in [2.05, 4.69) is 15.3 Å². The van der Waals surface area contributed by atoms with Gasteiger partial charge in [0.1, 0.15) is 11.6 Å². The Morgan fingerprint density at radius 3 is 2.38 bits per heavy atom. The van der Waals surface area contributed by atoms with Crippen LogP contribution in [0.5, 0.6) is 0 Å². The van der Waals surface area contributed by atoms with Gasteiger partial charge >= 0.3 is 6.18 Å². The number of benzene rings is 1. The van der Waals surface area contributed by atoms with Crippen molar-refractivity contribution in [1.82, 2.24) is 9.97 Å². The van der Waals surface area contributed by atoms with Crippen LogP contribution in [-0.4, -0.2) is 9.97 Å². The molecule has 1 aromatic carbocycles. The quantitative estimate of drug-likeness (QED) is 0.856. The lowest BCUT2D eigenvalue weighted by Gasteiger charge is -2.10. The largest absolute Gasteiger partial charge is 0.451 e. The maximum atomic E-state index is 13.0. The molecule has 0 fully saturated rings. The van der Waals surface area contributed by atoms with Crippen LogP contribution in [0.15, 0.2) is 24.3 Å². The number of nitrogen functional groups attached to an aromatic ring is 1. The molecule has 21 heavy (non-hydrogen) atoms. The molecule has 0 atom stereocenters. The van der Waals surface area contributed by atoms with Gasteiger partial charge in [0, 0.05) is 12.6 Å². The topological polar surface area (TPSA) is 63.8 Å². The molecule has 2 aromatic rings. The summed E-state index contributed by atoms with van der Waals surface area (Å²) in [6.07, 6.45) is -4.73. The molecule has 9 heteroatoms. The second-order valence-electron chi connectivity index (χ2n) is 4.10. The van der Waals surface area contributed by atoms with E-state index in [0.717, 1.165) is 18.2 Å². The zero-order valence-corrected chi connectivity index (χ0v) is 10.4. The molecule has 0 aliphatic carbocycles.